The summed E-state index contributed by atoms with van der Waals surface area (Å²) in [6, 6.07) is 0. The lowest BCUT2D eigenvalue weighted by molar-refractivity contribution is -0.383. The third-order valence-corrected chi connectivity index (χ3v) is 3.13. The summed E-state index contributed by atoms with van der Waals surface area (Å²) in [5.41, 5.74) is -0.0707. The molecule has 0 unspecified atom stereocenters. The van der Waals surface area contributed by atoms with Gasteiger partial charge < -0.3 is 10.6 Å². The molecule has 0 aromatic carbocycles. The Bertz CT molecular complexity index is 433. The van der Waals surface area contributed by atoms with Gasteiger partial charge in [-0.3, -0.25) is 10.1 Å². The number of aromatic nitrogens is 2. The van der Waals surface area contributed by atoms with Crippen LogP contribution in [0.1, 0.15) is 26.2 Å². The molecular weight excluding hydrogens is 234 g/mol. The van der Waals surface area contributed by atoms with Gasteiger partial charge in [-0.2, -0.15) is 0 Å². The molecule has 0 atom stereocenters. The molecule has 0 amide bonds. The minimum Gasteiger partial charge on any atom is -0.364 e. The van der Waals surface area contributed by atoms with Crippen LogP contribution in [0.3, 0.4) is 0 Å². The van der Waals surface area contributed by atoms with Crippen molar-refractivity contribution in [3.05, 3.63) is 16.4 Å². The summed E-state index contributed by atoms with van der Waals surface area (Å²) in [4.78, 5) is 18.5. The maximum absolute atomic E-state index is 11.1. The minimum atomic E-state index is -0.443. The smallest absolute Gasteiger partial charge is 0.353 e. The minimum absolute atomic E-state index is 0.0707. The van der Waals surface area contributed by atoms with Crippen molar-refractivity contribution in [2.75, 3.05) is 23.7 Å². The Morgan fingerprint density at radius 2 is 2.06 bits per heavy atom. The zero-order valence-electron chi connectivity index (χ0n) is 10.3. The van der Waals surface area contributed by atoms with Gasteiger partial charge in [0.1, 0.15) is 6.33 Å². The number of anilines is 2. The average Bonchev–Trinajstić information content (AvgIpc) is 2.27. The van der Waals surface area contributed by atoms with E-state index in [1.165, 1.54) is 25.6 Å². The van der Waals surface area contributed by atoms with Crippen LogP contribution < -0.4 is 10.6 Å². The molecule has 1 fully saturated rings. The molecule has 0 spiro atoms. The maximum Gasteiger partial charge on any atom is 0.353 e. The highest BCUT2D eigenvalue weighted by molar-refractivity contribution is 5.69. The first kappa shape index (κ1) is 12.5. The molecule has 1 heterocycles. The van der Waals surface area contributed by atoms with Crippen molar-refractivity contribution in [3.63, 3.8) is 0 Å². The van der Waals surface area contributed by atoms with E-state index in [-0.39, 0.29) is 11.5 Å². The second-order valence-corrected chi connectivity index (χ2v) is 4.38. The predicted molar refractivity (Wildman–Crippen MR) is 68.7 cm³/mol. The lowest BCUT2D eigenvalue weighted by Crippen LogP contribution is -2.22. The van der Waals surface area contributed by atoms with E-state index in [1.54, 1.807) is 0 Å². The Hall–Kier alpha value is -1.92. The van der Waals surface area contributed by atoms with E-state index >= 15 is 0 Å². The molecular formula is C11H17N5O2. The van der Waals surface area contributed by atoms with E-state index < -0.39 is 4.92 Å². The van der Waals surface area contributed by atoms with Gasteiger partial charge >= 0.3 is 5.69 Å². The summed E-state index contributed by atoms with van der Waals surface area (Å²) in [6.07, 6.45) is 4.97. The molecule has 18 heavy (non-hydrogen) atoms. The third kappa shape index (κ3) is 2.66. The van der Waals surface area contributed by atoms with Crippen molar-refractivity contribution in [1.82, 2.24) is 9.97 Å². The largest absolute Gasteiger partial charge is 0.364 e. The van der Waals surface area contributed by atoms with Crippen LogP contribution in [0.25, 0.3) is 0 Å². The summed E-state index contributed by atoms with van der Waals surface area (Å²) in [7, 11) is 0. The van der Waals surface area contributed by atoms with Crippen LogP contribution in [-0.4, -0.2) is 28.0 Å². The van der Waals surface area contributed by atoms with E-state index in [9.17, 15) is 10.1 Å². The fourth-order valence-electron chi connectivity index (χ4n) is 1.92. The first-order valence-electron chi connectivity index (χ1n) is 6.19. The number of nitro groups is 1. The second-order valence-electron chi connectivity index (χ2n) is 4.38. The Balaban J connectivity index is 2.15. The van der Waals surface area contributed by atoms with Gasteiger partial charge in [-0.05, 0) is 25.7 Å². The van der Waals surface area contributed by atoms with E-state index in [0.29, 0.717) is 18.3 Å². The van der Waals surface area contributed by atoms with Crippen molar-refractivity contribution >= 4 is 17.3 Å². The highest BCUT2D eigenvalue weighted by atomic mass is 16.6. The molecule has 0 radical (unpaired) electrons. The van der Waals surface area contributed by atoms with Gasteiger partial charge in [0.25, 0.3) is 0 Å². The zero-order valence-corrected chi connectivity index (χ0v) is 10.3. The molecule has 1 aliphatic rings. The van der Waals surface area contributed by atoms with Gasteiger partial charge in [0.05, 0.1) is 4.92 Å². The maximum atomic E-state index is 11.1. The van der Waals surface area contributed by atoms with Crippen LogP contribution in [-0.2, 0) is 0 Å². The average molecular weight is 251 g/mol. The van der Waals surface area contributed by atoms with Crippen molar-refractivity contribution < 1.29 is 4.92 Å². The summed E-state index contributed by atoms with van der Waals surface area (Å²) in [5, 5.41) is 17.0. The van der Waals surface area contributed by atoms with Crippen LogP contribution in [0.5, 0.6) is 0 Å². The molecule has 0 bridgehead atoms. The second kappa shape index (κ2) is 5.61. The van der Waals surface area contributed by atoms with E-state index in [4.69, 9.17) is 0 Å². The molecule has 0 saturated heterocycles. The quantitative estimate of drug-likeness (QED) is 0.593. The highest BCUT2D eigenvalue weighted by Crippen LogP contribution is 2.31. The van der Waals surface area contributed by atoms with Crippen molar-refractivity contribution in [2.24, 2.45) is 5.92 Å². The first-order valence-corrected chi connectivity index (χ1v) is 6.19. The summed E-state index contributed by atoms with van der Waals surface area (Å²) in [5.74, 6) is 1.19. The first-order chi connectivity index (χ1) is 8.72. The molecule has 98 valence electrons. The molecule has 7 heteroatoms. The number of hydrogen-bond donors (Lipinski definition) is 2. The molecule has 1 aromatic heterocycles. The zero-order chi connectivity index (χ0) is 13.0. The third-order valence-electron chi connectivity index (χ3n) is 3.13. The van der Waals surface area contributed by atoms with Gasteiger partial charge in [-0.1, -0.05) is 6.42 Å². The van der Waals surface area contributed by atoms with Gasteiger partial charge in [0, 0.05) is 13.1 Å². The van der Waals surface area contributed by atoms with Crippen LogP contribution in [0.15, 0.2) is 6.33 Å². The fourth-order valence-corrected chi connectivity index (χ4v) is 1.92. The summed E-state index contributed by atoms with van der Waals surface area (Å²) in [6.45, 7) is 3.19. The van der Waals surface area contributed by atoms with Gasteiger partial charge in [-0.25, -0.2) is 9.97 Å². The van der Waals surface area contributed by atoms with Crippen molar-refractivity contribution in [1.29, 1.82) is 0 Å². The summed E-state index contributed by atoms with van der Waals surface area (Å²) < 4.78 is 0. The molecule has 0 aliphatic heterocycles. The van der Waals surface area contributed by atoms with Crippen LogP contribution >= 0.6 is 0 Å². The highest BCUT2D eigenvalue weighted by Gasteiger charge is 2.24. The van der Waals surface area contributed by atoms with Crippen molar-refractivity contribution in [3.8, 4) is 0 Å². The Morgan fingerprint density at radius 1 is 1.39 bits per heavy atom. The van der Waals surface area contributed by atoms with E-state index in [2.05, 4.69) is 20.6 Å². The molecule has 1 aromatic rings. The van der Waals surface area contributed by atoms with Gasteiger partial charge in [0.2, 0.25) is 11.6 Å². The Labute approximate surface area is 105 Å². The topological polar surface area (TPSA) is 93.0 Å². The van der Waals surface area contributed by atoms with Crippen LogP contribution in [0.2, 0.25) is 0 Å². The standard InChI is InChI=1S/C11H17N5O2/c1-2-12-10-9(16(17)18)11(15-7-14-10)13-6-8-4-3-5-8/h7-8H,2-6H2,1H3,(H2,12,13,14,15). The molecule has 1 saturated carbocycles. The van der Waals surface area contributed by atoms with E-state index in [1.807, 2.05) is 6.92 Å². The SMILES string of the molecule is CCNc1ncnc(NCC2CCC2)c1[N+](=O)[O-]. The van der Waals surface area contributed by atoms with Crippen LogP contribution in [0, 0.1) is 16.0 Å². The number of hydrogen-bond acceptors (Lipinski definition) is 6. The van der Waals surface area contributed by atoms with Gasteiger partial charge in [-0.15, -0.1) is 0 Å². The molecule has 7 nitrogen and oxygen atoms in total. The van der Waals surface area contributed by atoms with E-state index in [0.717, 1.165) is 6.54 Å². The normalized spacial score (nSPS) is 14.9. The lowest BCUT2D eigenvalue weighted by atomic mass is 9.85. The fraction of sp³-hybridized carbons (Fsp3) is 0.636. The number of rotatable bonds is 6. The predicted octanol–water partition coefficient (Wildman–Crippen LogP) is 2.03. The number of nitrogens with zero attached hydrogens (tertiary/aromatic N) is 3. The molecule has 2 rings (SSSR count). The lowest BCUT2D eigenvalue weighted by Gasteiger charge is -2.25. The van der Waals surface area contributed by atoms with Crippen LogP contribution in [0.4, 0.5) is 17.3 Å². The van der Waals surface area contributed by atoms with Gasteiger partial charge in [0.15, 0.2) is 0 Å². The number of nitrogens with one attached hydrogen (secondary N) is 2. The molecule has 1 aliphatic carbocycles. The molecule has 2 N–H and O–H groups in total. The monoisotopic (exact) mass is 251 g/mol. The van der Waals surface area contributed by atoms with Crippen molar-refractivity contribution in [2.45, 2.75) is 26.2 Å². The Kier molecular flexibility index (Phi) is 3.91. The Morgan fingerprint density at radius 3 is 2.56 bits per heavy atom. The summed E-state index contributed by atoms with van der Waals surface area (Å²) >= 11 is 0.